The molecular weight excluding hydrogens is 257 g/mol. The SMILES string of the molecule is Ic1ncn(C2CCOC2)n1. The van der Waals surface area contributed by atoms with E-state index in [2.05, 4.69) is 32.7 Å². The Morgan fingerprint density at radius 3 is 3.18 bits per heavy atom. The maximum Gasteiger partial charge on any atom is 0.211 e. The Labute approximate surface area is 78.1 Å². The van der Waals surface area contributed by atoms with Crippen molar-refractivity contribution in [2.45, 2.75) is 12.5 Å². The van der Waals surface area contributed by atoms with Crippen LogP contribution in [-0.2, 0) is 4.74 Å². The van der Waals surface area contributed by atoms with Crippen LogP contribution in [0.15, 0.2) is 6.33 Å². The van der Waals surface area contributed by atoms with Crippen molar-refractivity contribution in [1.82, 2.24) is 14.8 Å². The normalized spacial score (nSPS) is 24.3. The van der Waals surface area contributed by atoms with Crippen LogP contribution in [0.3, 0.4) is 0 Å². The van der Waals surface area contributed by atoms with Gasteiger partial charge in [-0.3, -0.25) is 0 Å². The quantitative estimate of drug-likeness (QED) is 0.706. The highest BCUT2D eigenvalue weighted by Crippen LogP contribution is 2.16. The summed E-state index contributed by atoms with van der Waals surface area (Å²) in [4.78, 5) is 4.04. The Bertz CT molecular complexity index is 244. The predicted octanol–water partition coefficient (Wildman–Crippen LogP) is 0.844. The molecule has 0 bridgehead atoms. The number of hydrogen-bond acceptors (Lipinski definition) is 3. The molecule has 1 unspecified atom stereocenters. The minimum absolute atomic E-state index is 0.408. The molecule has 60 valence electrons. The molecule has 1 aliphatic heterocycles. The van der Waals surface area contributed by atoms with Gasteiger partial charge in [-0.2, -0.15) is 0 Å². The molecule has 1 aliphatic rings. The van der Waals surface area contributed by atoms with E-state index < -0.39 is 0 Å². The molecule has 1 atom stereocenters. The first-order valence-corrected chi connectivity index (χ1v) is 4.58. The van der Waals surface area contributed by atoms with Gasteiger partial charge in [0.2, 0.25) is 3.83 Å². The molecule has 1 fully saturated rings. The van der Waals surface area contributed by atoms with Crippen molar-refractivity contribution in [2.24, 2.45) is 0 Å². The van der Waals surface area contributed by atoms with Crippen molar-refractivity contribution in [3.05, 3.63) is 10.2 Å². The van der Waals surface area contributed by atoms with Crippen molar-refractivity contribution >= 4 is 22.6 Å². The number of nitrogens with zero attached hydrogens (tertiary/aromatic N) is 3. The highest BCUT2D eigenvalue weighted by atomic mass is 127. The second-order valence-corrected chi connectivity index (χ2v) is 3.48. The Kier molecular flexibility index (Phi) is 2.08. The van der Waals surface area contributed by atoms with E-state index in [0.717, 1.165) is 23.5 Å². The number of ether oxygens (including phenoxy) is 1. The lowest BCUT2D eigenvalue weighted by Crippen LogP contribution is -2.08. The number of rotatable bonds is 1. The van der Waals surface area contributed by atoms with Crippen LogP contribution in [-0.4, -0.2) is 28.0 Å². The predicted molar refractivity (Wildman–Crippen MR) is 47.2 cm³/mol. The van der Waals surface area contributed by atoms with E-state index in [1.807, 2.05) is 4.68 Å². The van der Waals surface area contributed by atoms with Crippen LogP contribution >= 0.6 is 22.6 Å². The molecule has 2 rings (SSSR count). The summed E-state index contributed by atoms with van der Waals surface area (Å²) in [6.07, 6.45) is 2.82. The van der Waals surface area contributed by atoms with Crippen molar-refractivity contribution in [1.29, 1.82) is 0 Å². The molecule has 0 saturated carbocycles. The van der Waals surface area contributed by atoms with Gasteiger partial charge in [0.15, 0.2) is 0 Å². The van der Waals surface area contributed by atoms with Crippen LogP contribution in [0.5, 0.6) is 0 Å². The zero-order valence-electron chi connectivity index (χ0n) is 5.90. The summed E-state index contributed by atoms with van der Waals surface area (Å²) in [7, 11) is 0. The smallest absolute Gasteiger partial charge is 0.211 e. The summed E-state index contributed by atoms with van der Waals surface area (Å²) < 4.78 is 7.91. The molecule has 11 heavy (non-hydrogen) atoms. The minimum atomic E-state index is 0.408. The van der Waals surface area contributed by atoms with Crippen LogP contribution in [0.2, 0.25) is 0 Å². The molecule has 1 aromatic rings. The molecule has 0 radical (unpaired) electrons. The first-order chi connectivity index (χ1) is 5.36. The fraction of sp³-hybridized carbons (Fsp3) is 0.667. The van der Waals surface area contributed by atoms with Crippen LogP contribution < -0.4 is 0 Å². The van der Waals surface area contributed by atoms with Gasteiger partial charge in [-0.25, -0.2) is 9.67 Å². The average molecular weight is 265 g/mol. The molecule has 0 aromatic carbocycles. The molecule has 0 spiro atoms. The first kappa shape index (κ1) is 7.48. The van der Waals surface area contributed by atoms with E-state index >= 15 is 0 Å². The summed E-state index contributed by atoms with van der Waals surface area (Å²) in [5.41, 5.74) is 0. The van der Waals surface area contributed by atoms with E-state index in [9.17, 15) is 0 Å². The lowest BCUT2D eigenvalue weighted by atomic mass is 10.3. The van der Waals surface area contributed by atoms with Gasteiger partial charge in [-0.1, -0.05) is 0 Å². The lowest BCUT2D eigenvalue weighted by molar-refractivity contribution is 0.184. The summed E-state index contributed by atoms with van der Waals surface area (Å²) in [6, 6.07) is 0.408. The standard InChI is InChI=1S/C6H8IN3O/c7-6-8-4-10(9-6)5-1-2-11-3-5/h4-5H,1-3H2. The van der Waals surface area contributed by atoms with Crippen LogP contribution in [0, 0.1) is 3.83 Å². The lowest BCUT2D eigenvalue weighted by Gasteiger charge is -2.04. The fourth-order valence-electron chi connectivity index (χ4n) is 1.16. The summed E-state index contributed by atoms with van der Waals surface area (Å²) in [6.45, 7) is 1.63. The van der Waals surface area contributed by atoms with Crippen LogP contribution in [0.4, 0.5) is 0 Å². The van der Waals surface area contributed by atoms with Gasteiger partial charge in [0.05, 0.1) is 12.6 Å². The minimum Gasteiger partial charge on any atom is -0.379 e. The number of hydrogen-bond donors (Lipinski definition) is 0. The summed E-state index contributed by atoms with van der Waals surface area (Å²) in [5.74, 6) is 0. The molecule has 0 aliphatic carbocycles. The van der Waals surface area contributed by atoms with Gasteiger partial charge in [0.1, 0.15) is 6.33 Å². The van der Waals surface area contributed by atoms with E-state index in [0.29, 0.717) is 6.04 Å². The second-order valence-electron chi connectivity index (χ2n) is 2.51. The Morgan fingerprint density at radius 2 is 2.64 bits per heavy atom. The van der Waals surface area contributed by atoms with E-state index in [1.165, 1.54) is 0 Å². The topological polar surface area (TPSA) is 39.9 Å². The van der Waals surface area contributed by atoms with Gasteiger partial charge in [0, 0.05) is 29.2 Å². The molecule has 0 N–H and O–H groups in total. The van der Waals surface area contributed by atoms with Gasteiger partial charge in [-0.15, -0.1) is 5.10 Å². The summed E-state index contributed by atoms with van der Waals surface area (Å²) in [5, 5.41) is 4.20. The van der Waals surface area contributed by atoms with E-state index in [1.54, 1.807) is 6.33 Å². The third-order valence-corrected chi connectivity index (χ3v) is 2.25. The maximum absolute atomic E-state index is 5.23. The highest BCUT2D eigenvalue weighted by molar-refractivity contribution is 14.1. The molecule has 2 heterocycles. The van der Waals surface area contributed by atoms with Gasteiger partial charge < -0.3 is 4.74 Å². The van der Waals surface area contributed by atoms with Crippen molar-refractivity contribution in [3.63, 3.8) is 0 Å². The first-order valence-electron chi connectivity index (χ1n) is 3.50. The molecule has 1 saturated heterocycles. The van der Waals surface area contributed by atoms with Crippen LogP contribution in [0.25, 0.3) is 0 Å². The van der Waals surface area contributed by atoms with Crippen LogP contribution in [0.1, 0.15) is 12.5 Å². The van der Waals surface area contributed by atoms with Crippen molar-refractivity contribution in [2.75, 3.05) is 13.2 Å². The Morgan fingerprint density at radius 1 is 1.73 bits per heavy atom. The van der Waals surface area contributed by atoms with E-state index in [-0.39, 0.29) is 0 Å². The largest absolute Gasteiger partial charge is 0.379 e. The molecule has 4 nitrogen and oxygen atoms in total. The molecule has 5 heteroatoms. The Hall–Kier alpha value is -0.170. The average Bonchev–Trinajstić information content (AvgIpc) is 2.55. The zero-order valence-corrected chi connectivity index (χ0v) is 8.06. The van der Waals surface area contributed by atoms with Gasteiger partial charge in [0.25, 0.3) is 0 Å². The zero-order chi connectivity index (χ0) is 7.68. The molecule has 1 aromatic heterocycles. The summed E-state index contributed by atoms with van der Waals surface area (Å²) >= 11 is 2.10. The highest BCUT2D eigenvalue weighted by Gasteiger charge is 2.18. The molecule has 0 amide bonds. The van der Waals surface area contributed by atoms with Gasteiger partial charge in [-0.05, 0) is 6.42 Å². The third-order valence-electron chi connectivity index (χ3n) is 1.76. The Balaban J connectivity index is 2.15. The monoisotopic (exact) mass is 265 g/mol. The third kappa shape index (κ3) is 1.53. The van der Waals surface area contributed by atoms with Crippen molar-refractivity contribution in [3.8, 4) is 0 Å². The van der Waals surface area contributed by atoms with Gasteiger partial charge >= 0.3 is 0 Å². The fourth-order valence-corrected chi connectivity index (χ4v) is 1.53. The van der Waals surface area contributed by atoms with Crippen molar-refractivity contribution < 1.29 is 4.74 Å². The molecular formula is C6H8IN3O. The maximum atomic E-state index is 5.23. The second kappa shape index (κ2) is 3.06. The van der Waals surface area contributed by atoms with E-state index in [4.69, 9.17) is 4.74 Å². The number of aromatic nitrogens is 3. The number of halogens is 1.